The maximum Gasteiger partial charge on any atom is 0.139 e. The molecule has 1 fully saturated rings. The molecule has 3 nitrogen and oxygen atoms in total. The van der Waals surface area contributed by atoms with Gasteiger partial charge in [-0.15, -0.1) is 0 Å². The predicted octanol–water partition coefficient (Wildman–Crippen LogP) is 2.50. The van der Waals surface area contributed by atoms with Crippen LogP contribution in [0.4, 0.5) is 5.69 Å². The van der Waals surface area contributed by atoms with E-state index in [1.54, 1.807) is 7.11 Å². The predicted molar refractivity (Wildman–Crippen MR) is 68.6 cm³/mol. The Morgan fingerprint density at radius 1 is 1.24 bits per heavy atom. The van der Waals surface area contributed by atoms with Gasteiger partial charge in [0.1, 0.15) is 11.5 Å². The number of methoxy groups -OCH3 is 1. The third-order valence-corrected chi connectivity index (χ3v) is 3.73. The van der Waals surface area contributed by atoms with Crippen molar-refractivity contribution < 1.29 is 9.53 Å². The highest BCUT2D eigenvalue weighted by Crippen LogP contribution is 2.27. The van der Waals surface area contributed by atoms with Crippen molar-refractivity contribution in [3.8, 4) is 5.75 Å². The molecule has 0 radical (unpaired) electrons. The lowest BCUT2D eigenvalue weighted by Gasteiger charge is -2.38. The molecule has 17 heavy (non-hydrogen) atoms. The normalized spacial score (nSPS) is 24.9. The van der Waals surface area contributed by atoms with Crippen LogP contribution < -0.4 is 9.64 Å². The molecule has 1 aromatic carbocycles. The highest BCUT2D eigenvalue weighted by atomic mass is 16.5. The molecule has 0 N–H and O–H groups in total. The summed E-state index contributed by atoms with van der Waals surface area (Å²) in [5.74, 6) is 1.36. The zero-order valence-electron chi connectivity index (χ0n) is 10.6. The standard InChI is InChI=1S/C14H19NO2/c1-10-11(2)15(9-8-14(10)16)12-4-6-13(17-3)7-5-12/h4-7,10-11H,8-9H2,1-3H3. The van der Waals surface area contributed by atoms with Crippen LogP contribution in [0.1, 0.15) is 20.3 Å². The lowest BCUT2D eigenvalue weighted by Crippen LogP contribution is -2.46. The zero-order chi connectivity index (χ0) is 12.4. The Morgan fingerprint density at radius 2 is 1.88 bits per heavy atom. The summed E-state index contributed by atoms with van der Waals surface area (Å²) in [6.45, 7) is 4.95. The summed E-state index contributed by atoms with van der Waals surface area (Å²) in [5, 5.41) is 0. The zero-order valence-corrected chi connectivity index (χ0v) is 10.6. The van der Waals surface area contributed by atoms with E-state index in [0.717, 1.165) is 18.0 Å². The Balaban J connectivity index is 2.18. The van der Waals surface area contributed by atoms with Gasteiger partial charge >= 0.3 is 0 Å². The highest BCUT2D eigenvalue weighted by Gasteiger charge is 2.30. The lowest BCUT2D eigenvalue weighted by atomic mass is 9.90. The first-order valence-corrected chi connectivity index (χ1v) is 6.07. The molecular formula is C14H19NO2. The summed E-state index contributed by atoms with van der Waals surface area (Å²) < 4.78 is 5.15. The number of nitrogens with zero attached hydrogens (tertiary/aromatic N) is 1. The molecule has 0 aromatic heterocycles. The Labute approximate surface area is 102 Å². The molecule has 1 aliphatic rings. The molecule has 1 aliphatic heterocycles. The monoisotopic (exact) mass is 233 g/mol. The van der Waals surface area contributed by atoms with Crippen molar-refractivity contribution in [3.05, 3.63) is 24.3 Å². The van der Waals surface area contributed by atoms with Gasteiger partial charge in [-0.3, -0.25) is 4.79 Å². The van der Waals surface area contributed by atoms with Crippen molar-refractivity contribution >= 4 is 11.5 Å². The van der Waals surface area contributed by atoms with E-state index < -0.39 is 0 Å². The summed E-state index contributed by atoms with van der Waals surface area (Å²) in [5.41, 5.74) is 1.16. The number of ether oxygens (including phenoxy) is 1. The number of anilines is 1. The average molecular weight is 233 g/mol. The van der Waals surface area contributed by atoms with E-state index in [0.29, 0.717) is 12.2 Å². The number of ketones is 1. The number of carbonyl (C=O) groups is 1. The first-order chi connectivity index (χ1) is 8.13. The molecule has 0 bridgehead atoms. The average Bonchev–Trinajstić information content (AvgIpc) is 2.36. The minimum Gasteiger partial charge on any atom is -0.497 e. The number of hydrogen-bond donors (Lipinski definition) is 0. The van der Waals surface area contributed by atoms with Gasteiger partial charge in [0.25, 0.3) is 0 Å². The molecule has 3 heteroatoms. The van der Waals surface area contributed by atoms with Crippen molar-refractivity contribution in [2.45, 2.75) is 26.3 Å². The van der Waals surface area contributed by atoms with Gasteiger partial charge in [0.2, 0.25) is 0 Å². The number of rotatable bonds is 2. The fourth-order valence-corrected chi connectivity index (χ4v) is 2.34. The van der Waals surface area contributed by atoms with Crippen LogP contribution >= 0.6 is 0 Å². The maximum absolute atomic E-state index is 11.6. The third-order valence-electron chi connectivity index (χ3n) is 3.73. The lowest BCUT2D eigenvalue weighted by molar-refractivity contribution is -0.123. The SMILES string of the molecule is COc1ccc(N2CCC(=O)C(C)C2C)cc1. The van der Waals surface area contributed by atoms with Crippen molar-refractivity contribution in [1.82, 2.24) is 0 Å². The highest BCUT2D eigenvalue weighted by molar-refractivity contribution is 5.84. The van der Waals surface area contributed by atoms with Crippen molar-refractivity contribution in [3.63, 3.8) is 0 Å². The van der Waals surface area contributed by atoms with Crippen LogP contribution in [-0.2, 0) is 4.79 Å². The number of Topliss-reactive ketones (excluding diaryl/α,β-unsaturated/α-hetero) is 1. The van der Waals surface area contributed by atoms with Crippen LogP contribution in [0.3, 0.4) is 0 Å². The Morgan fingerprint density at radius 3 is 2.47 bits per heavy atom. The first kappa shape index (κ1) is 12.0. The van der Waals surface area contributed by atoms with Gasteiger partial charge in [-0.05, 0) is 31.2 Å². The number of benzene rings is 1. The minimum atomic E-state index is 0.117. The summed E-state index contributed by atoms with van der Waals surface area (Å²) in [6.07, 6.45) is 0.650. The van der Waals surface area contributed by atoms with Crippen molar-refractivity contribution in [2.75, 3.05) is 18.6 Å². The van der Waals surface area contributed by atoms with Crippen molar-refractivity contribution in [2.24, 2.45) is 5.92 Å². The van der Waals surface area contributed by atoms with E-state index in [-0.39, 0.29) is 12.0 Å². The van der Waals surface area contributed by atoms with Crippen LogP contribution in [0, 0.1) is 5.92 Å². The molecule has 1 aromatic rings. The van der Waals surface area contributed by atoms with Gasteiger partial charge in [0.05, 0.1) is 7.11 Å². The second kappa shape index (κ2) is 4.78. The van der Waals surface area contributed by atoms with Crippen LogP contribution in [-0.4, -0.2) is 25.5 Å². The molecule has 0 aliphatic carbocycles. The van der Waals surface area contributed by atoms with Gasteiger partial charge < -0.3 is 9.64 Å². The Hall–Kier alpha value is -1.51. The van der Waals surface area contributed by atoms with E-state index in [1.165, 1.54) is 0 Å². The van der Waals surface area contributed by atoms with E-state index in [2.05, 4.69) is 24.0 Å². The van der Waals surface area contributed by atoms with Gasteiger partial charge in [-0.2, -0.15) is 0 Å². The minimum absolute atomic E-state index is 0.117. The largest absolute Gasteiger partial charge is 0.497 e. The van der Waals surface area contributed by atoms with Crippen LogP contribution in [0.5, 0.6) is 5.75 Å². The summed E-state index contributed by atoms with van der Waals surface area (Å²) in [7, 11) is 1.67. The summed E-state index contributed by atoms with van der Waals surface area (Å²) in [4.78, 5) is 13.9. The van der Waals surface area contributed by atoms with Crippen LogP contribution in [0.2, 0.25) is 0 Å². The van der Waals surface area contributed by atoms with Gasteiger partial charge in [0.15, 0.2) is 0 Å². The quantitative estimate of drug-likeness (QED) is 0.786. The second-order valence-electron chi connectivity index (χ2n) is 4.64. The molecule has 1 saturated heterocycles. The van der Waals surface area contributed by atoms with Crippen LogP contribution in [0.25, 0.3) is 0 Å². The van der Waals surface area contributed by atoms with E-state index in [4.69, 9.17) is 4.74 Å². The molecule has 0 saturated carbocycles. The van der Waals surface area contributed by atoms with E-state index >= 15 is 0 Å². The fourth-order valence-electron chi connectivity index (χ4n) is 2.34. The third kappa shape index (κ3) is 2.28. The number of hydrogen-bond acceptors (Lipinski definition) is 3. The van der Waals surface area contributed by atoms with Crippen molar-refractivity contribution in [1.29, 1.82) is 0 Å². The van der Waals surface area contributed by atoms with E-state index in [1.807, 2.05) is 19.1 Å². The van der Waals surface area contributed by atoms with Gasteiger partial charge in [-0.1, -0.05) is 6.92 Å². The Bertz CT molecular complexity index is 399. The smallest absolute Gasteiger partial charge is 0.139 e. The Kier molecular flexibility index (Phi) is 3.36. The summed E-state index contributed by atoms with van der Waals surface area (Å²) >= 11 is 0. The second-order valence-corrected chi connectivity index (χ2v) is 4.64. The topological polar surface area (TPSA) is 29.5 Å². The molecule has 0 spiro atoms. The van der Waals surface area contributed by atoms with Gasteiger partial charge in [-0.25, -0.2) is 0 Å². The fraction of sp³-hybridized carbons (Fsp3) is 0.500. The molecular weight excluding hydrogens is 214 g/mol. The van der Waals surface area contributed by atoms with E-state index in [9.17, 15) is 4.79 Å². The maximum atomic E-state index is 11.6. The molecule has 92 valence electrons. The number of carbonyl (C=O) groups excluding carboxylic acids is 1. The number of piperidine rings is 1. The molecule has 0 amide bonds. The molecule has 2 unspecified atom stereocenters. The summed E-state index contributed by atoms with van der Waals surface area (Å²) in [6, 6.07) is 8.30. The molecule has 2 atom stereocenters. The molecule has 1 heterocycles. The van der Waals surface area contributed by atoms with Crippen LogP contribution in [0.15, 0.2) is 24.3 Å². The van der Waals surface area contributed by atoms with Gasteiger partial charge in [0, 0.05) is 30.6 Å². The molecule has 2 rings (SSSR count). The first-order valence-electron chi connectivity index (χ1n) is 6.07.